The van der Waals surface area contributed by atoms with E-state index >= 15 is 0 Å². The van der Waals surface area contributed by atoms with Gasteiger partial charge in [-0.05, 0) is 23.6 Å². The minimum absolute atomic E-state index is 0.0657. The number of aldehydes is 1. The van der Waals surface area contributed by atoms with E-state index in [-0.39, 0.29) is 5.78 Å². The summed E-state index contributed by atoms with van der Waals surface area (Å²) in [5, 5.41) is 0. The predicted octanol–water partition coefficient (Wildman–Crippen LogP) is 5.32. The first kappa shape index (κ1) is 16.2. The van der Waals surface area contributed by atoms with Crippen molar-refractivity contribution >= 4 is 12.1 Å². The Balaban J connectivity index is 2.21. The zero-order valence-corrected chi connectivity index (χ0v) is 13.0. The predicted molar refractivity (Wildman–Crippen MR) is 90.4 cm³/mol. The van der Waals surface area contributed by atoms with Gasteiger partial charge in [-0.25, -0.2) is 0 Å². The van der Waals surface area contributed by atoms with Crippen LogP contribution in [0.1, 0.15) is 59.7 Å². The van der Waals surface area contributed by atoms with Crippen LogP contribution in [0.5, 0.6) is 0 Å². The number of carbonyl (C=O) groups excluding carboxylic acids is 2. The standard InChI is InChI=1S/C20H22O2/c1-2-3-4-8-11-20(22)19-14-17(12-13-18(19)15-21)16-9-6-5-7-10-16/h5-7,9-10,12-15H,2-4,8,11H2,1H3. The van der Waals surface area contributed by atoms with Crippen LogP contribution in [-0.4, -0.2) is 12.1 Å². The Morgan fingerprint density at radius 3 is 2.41 bits per heavy atom. The Kier molecular flexibility index (Phi) is 6.08. The second-order valence-electron chi connectivity index (χ2n) is 5.52. The molecule has 2 aromatic rings. The molecule has 0 saturated carbocycles. The SMILES string of the molecule is CCCCCCC(=O)c1cc(-c2ccccc2)ccc1C=O. The molecule has 22 heavy (non-hydrogen) atoms. The van der Waals surface area contributed by atoms with Crippen LogP contribution in [0.4, 0.5) is 0 Å². The maximum Gasteiger partial charge on any atom is 0.163 e. The summed E-state index contributed by atoms with van der Waals surface area (Å²) in [4.78, 5) is 23.6. The van der Waals surface area contributed by atoms with Gasteiger partial charge in [-0.15, -0.1) is 0 Å². The van der Waals surface area contributed by atoms with Crippen molar-refractivity contribution in [2.45, 2.75) is 39.0 Å². The van der Waals surface area contributed by atoms with Crippen LogP contribution in [0.25, 0.3) is 11.1 Å². The minimum Gasteiger partial charge on any atom is -0.298 e. The van der Waals surface area contributed by atoms with Gasteiger partial charge in [0.2, 0.25) is 0 Å². The normalized spacial score (nSPS) is 10.4. The fourth-order valence-electron chi connectivity index (χ4n) is 2.56. The molecule has 0 atom stereocenters. The Hall–Kier alpha value is -2.22. The molecule has 0 fully saturated rings. The number of hydrogen-bond acceptors (Lipinski definition) is 2. The van der Waals surface area contributed by atoms with Crippen LogP contribution < -0.4 is 0 Å². The van der Waals surface area contributed by atoms with E-state index in [1.807, 2.05) is 42.5 Å². The molecule has 0 N–H and O–H groups in total. The van der Waals surface area contributed by atoms with Crippen LogP contribution in [0.3, 0.4) is 0 Å². The molecule has 114 valence electrons. The lowest BCUT2D eigenvalue weighted by Crippen LogP contribution is -2.04. The third kappa shape index (κ3) is 4.14. The summed E-state index contributed by atoms with van der Waals surface area (Å²) >= 11 is 0. The van der Waals surface area contributed by atoms with E-state index in [1.54, 1.807) is 6.07 Å². The van der Waals surface area contributed by atoms with Crippen molar-refractivity contribution in [2.24, 2.45) is 0 Å². The molecular formula is C20H22O2. The molecule has 2 aromatic carbocycles. The highest BCUT2D eigenvalue weighted by atomic mass is 16.1. The summed E-state index contributed by atoms with van der Waals surface area (Å²) in [7, 11) is 0. The summed E-state index contributed by atoms with van der Waals surface area (Å²) in [6.45, 7) is 2.15. The van der Waals surface area contributed by atoms with Gasteiger partial charge in [0, 0.05) is 17.5 Å². The summed E-state index contributed by atoms with van der Waals surface area (Å²) in [5.41, 5.74) is 3.07. The quantitative estimate of drug-likeness (QED) is 0.375. The number of carbonyl (C=O) groups is 2. The van der Waals surface area contributed by atoms with Crippen molar-refractivity contribution in [1.29, 1.82) is 0 Å². The maximum absolute atomic E-state index is 12.4. The minimum atomic E-state index is 0.0657. The molecular weight excluding hydrogens is 272 g/mol. The molecule has 0 spiro atoms. The number of unbranched alkanes of at least 4 members (excludes halogenated alkanes) is 3. The van der Waals surface area contributed by atoms with Crippen molar-refractivity contribution in [3.05, 3.63) is 59.7 Å². The van der Waals surface area contributed by atoms with E-state index < -0.39 is 0 Å². The van der Waals surface area contributed by atoms with Crippen LogP contribution in [0.15, 0.2) is 48.5 Å². The van der Waals surface area contributed by atoms with Gasteiger partial charge in [-0.3, -0.25) is 9.59 Å². The summed E-state index contributed by atoms with van der Waals surface area (Å²) in [6, 6.07) is 15.4. The van der Waals surface area contributed by atoms with E-state index in [2.05, 4.69) is 6.92 Å². The summed E-state index contributed by atoms with van der Waals surface area (Å²) in [6.07, 6.45) is 5.54. The number of Topliss-reactive ketones (excluding diaryl/α,β-unsaturated/α-hetero) is 1. The smallest absolute Gasteiger partial charge is 0.163 e. The van der Waals surface area contributed by atoms with Crippen molar-refractivity contribution in [2.75, 3.05) is 0 Å². The van der Waals surface area contributed by atoms with Crippen LogP contribution in [-0.2, 0) is 0 Å². The second kappa shape index (κ2) is 8.28. The van der Waals surface area contributed by atoms with Gasteiger partial charge in [0.05, 0.1) is 0 Å². The molecule has 0 radical (unpaired) electrons. The fraction of sp³-hybridized carbons (Fsp3) is 0.300. The Morgan fingerprint density at radius 2 is 1.73 bits per heavy atom. The average molecular weight is 294 g/mol. The largest absolute Gasteiger partial charge is 0.298 e. The first-order valence-corrected chi connectivity index (χ1v) is 7.94. The first-order valence-electron chi connectivity index (χ1n) is 7.94. The average Bonchev–Trinajstić information content (AvgIpc) is 2.58. The second-order valence-corrected chi connectivity index (χ2v) is 5.52. The van der Waals surface area contributed by atoms with Gasteiger partial charge in [0.15, 0.2) is 12.1 Å². The molecule has 0 aromatic heterocycles. The molecule has 0 amide bonds. The van der Waals surface area contributed by atoms with Gasteiger partial charge in [0.1, 0.15) is 0 Å². The molecule has 0 aliphatic rings. The van der Waals surface area contributed by atoms with E-state index in [0.29, 0.717) is 17.5 Å². The number of hydrogen-bond donors (Lipinski definition) is 0. The fourth-order valence-corrected chi connectivity index (χ4v) is 2.56. The van der Waals surface area contributed by atoms with Crippen molar-refractivity contribution in [1.82, 2.24) is 0 Å². The van der Waals surface area contributed by atoms with Gasteiger partial charge >= 0.3 is 0 Å². The van der Waals surface area contributed by atoms with Crippen molar-refractivity contribution in [3.8, 4) is 11.1 Å². The van der Waals surface area contributed by atoms with Gasteiger partial charge in [-0.2, -0.15) is 0 Å². The Bertz CT molecular complexity index is 629. The van der Waals surface area contributed by atoms with Gasteiger partial charge in [-0.1, -0.05) is 68.7 Å². The highest BCUT2D eigenvalue weighted by Crippen LogP contribution is 2.23. The lowest BCUT2D eigenvalue weighted by molar-refractivity contribution is 0.0973. The first-order chi connectivity index (χ1) is 10.8. The zero-order chi connectivity index (χ0) is 15.8. The Morgan fingerprint density at radius 1 is 0.955 bits per heavy atom. The molecule has 0 aliphatic carbocycles. The summed E-state index contributed by atoms with van der Waals surface area (Å²) < 4.78 is 0. The number of ketones is 1. The number of rotatable bonds is 8. The van der Waals surface area contributed by atoms with Crippen molar-refractivity contribution < 1.29 is 9.59 Å². The zero-order valence-electron chi connectivity index (χ0n) is 13.0. The van der Waals surface area contributed by atoms with Crippen LogP contribution >= 0.6 is 0 Å². The monoisotopic (exact) mass is 294 g/mol. The molecule has 0 aliphatic heterocycles. The highest BCUT2D eigenvalue weighted by molar-refractivity contribution is 6.03. The maximum atomic E-state index is 12.4. The Labute approximate surface area is 132 Å². The lowest BCUT2D eigenvalue weighted by atomic mass is 9.95. The van der Waals surface area contributed by atoms with E-state index in [0.717, 1.165) is 43.1 Å². The molecule has 0 heterocycles. The lowest BCUT2D eigenvalue weighted by Gasteiger charge is -2.08. The third-order valence-corrected chi connectivity index (χ3v) is 3.85. The van der Waals surface area contributed by atoms with Gasteiger partial charge < -0.3 is 0 Å². The van der Waals surface area contributed by atoms with Crippen molar-refractivity contribution in [3.63, 3.8) is 0 Å². The van der Waals surface area contributed by atoms with E-state index in [4.69, 9.17) is 0 Å². The van der Waals surface area contributed by atoms with E-state index in [1.165, 1.54) is 0 Å². The molecule has 0 saturated heterocycles. The van der Waals surface area contributed by atoms with Crippen LogP contribution in [0.2, 0.25) is 0 Å². The van der Waals surface area contributed by atoms with Crippen LogP contribution in [0, 0.1) is 0 Å². The molecule has 0 unspecified atom stereocenters. The van der Waals surface area contributed by atoms with E-state index in [9.17, 15) is 9.59 Å². The summed E-state index contributed by atoms with van der Waals surface area (Å²) in [5.74, 6) is 0.0657. The molecule has 2 nitrogen and oxygen atoms in total. The molecule has 2 heteroatoms. The number of benzene rings is 2. The highest BCUT2D eigenvalue weighted by Gasteiger charge is 2.12. The molecule has 2 rings (SSSR count). The molecule has 0 bridgehead atoms. The third-order valence-electron chi connectivity index (χ3n) is 3.85. The van der Waals surface area contributed by atoms with Gasteiger partial charge in [0.25, 0.3) is 0 Å². The topological polar surface area (TPSA) is 34.1 Å².